The van der Waals surface area contributed by atoms with E-state index in [2.05, 4.69) is 17.4 Å². The number of benzene rings is 3. The molecule has 106 valence electrons. The summed E-state index contributed by atoms with van der Waals surface area (Å²) in [5, 5.41) is 14.4. The van der Waals surface area contributed by atoms with Gasteiger partial charge in [-0.1, -0.05) is 42.5 Å². The summed E-state index contributed by atoms with van der Waals surface area (Å²) in [4.78, 5) is 10.7. The normalized spacial score (nSPS) is 11.5. The molecule has 0 spiro atoms. The van der Waals surface area contributed by atoms with E-state index in [0.717, 1.165) is 33.6 Å². The maximum Gasteiger partial charge on any atom is 0.271 e. The van der Waals surface area contributed by atoms with Crippen LogP contribution in [0.25, 0.3) is 22.3 Å². The second-order valence-corrected chi connectivity index (χ2v) is 5.20. The van der Waals surface area contributed by atoms with Gasteiger partial charge in [0.15, 0.2) is 0 Å². The molecule has 4 heteroatoms. The number of nitrogens with zero attached hydrogens (tertiary/aromatic N) is 1. The Kier molecular flexibility index (Phi) is 2.69. The number of hydrogen-bond acceptors (Lipinski definition) is 3. The molecular weight excluding hydrogens is 276 g/mol. The third-order valence-corrected chi connectivity index (χ3v) is 3.92. The molecule has 4 rings (SSSR count). The molecule has 0 radical (unpaired) electrons. The van der Waals surface area contributed by atoms with Crippen LogP contribution in [0.1, 0.15) is 0 Å². The summed E-state index contributed by atoms with van der Waals surface area (Å²) in [6, 6.07) is 21.1. The standard InChI is InChI=1S/C18H12N2O2/c21-20(22)12-9-10-16-14-6-2-1-5-13(14)15-7-3-4-8-17(15)19-18(16)11-12/h1-11,19H. The lowest BCUT2D eigenvalue weighted by molar-refractivity contribution is -0.384. The molecule has 3 aromatic rings. The molecule has 1 aliphatic rings. The van der Waals surface area contributed by atoms with E-state index < -0.39 is 0 Å². The number of anilines is 2. The molecule has 0 bridgehead atoms. The van der Waals surface area contributed by atoms with E-state index in [1.165, 1.54) is 0 Å². The first kappa shape index (κ1) is 12.6. The second-order valence-electron chi connectivity index (χ2n) is 5.20. The van der Waals surface area contributed by atoms with E-state index in [9.17, 15) is 10.1 Å². The zero-order valence-electron chi connectivity index (χ0n) is 11.6. The van der Waals surface area contributed by atoms with Crippen molar-refractivity contribution < 1.29 is 4.92 Å². The molecule has 0 unspecified atom stereocenters. The summed E-state index contributed by atoms with van der Waals surface area (Å²) in [7, 11) is 0. The van der Waals surface area contributed by atoms with Gasteiger partial charge in [0.1, 0.15) is 0 Å². The van der Waals surface area contributed by atoms with Gasteiger partial charge in [-0.2, -0.15) is 0 Å². The van der Waals surface area contributed by atoms with Crippen LogP contribution in [-0.4, -0.2) is 4.92 Å². The van der Waals surface area contributed by atoms with Crippen molar-refractivity contribution in [2.75, 3.05) is 5.32 Å². The van der Waals surface area contributed by atoms with Crippen molar-refractivity contribution in [2.45, 2.75) is 0 Å². The van der Waals surface area contributed by atoms with Gasteiger partial charge in [0.2, 0.25) is 0 Å². The molecule has 3 aromatic carbocycles. The Morgan fingerprint density at radius 1 is 0.727 bits per heavy atom. The summed E-state index contributed by atoms with van der Waals surface area (Å²) < 4.78 is 0. The number of non-ortho nitro benzene ring substituents is 1. The van der Waals surface area contributed by atoms with Crippen LogP contribution in [0.5, 0.6) is 0 Å². The zero-order valence-corrected chi connectivity index (χ0v) is 11.6. The Balaban J connectivity index is 2.05. The summed E-state index contributed by atoms with van der Waals surface area (Å²) in [5.74, 6) is 0. The van der Waals surface area contributed by atoms with Gasteiger partial charge < -0.3 is 5.32 Å². The maximum atomic E-state index is 11.0. The van der Waals surface area contributed by atoms with Gasteiger partial charge in [-0.25, -0.2) is 0 Å². The first-order valence-corrected chi connectivity index (χ1v) is 6.98. The van der Waals surface area contributed by atoms with Crippen molar-refractivity contribution in [3.63, 3.8) is 0 Å². The van der Waals surface area contributed by atoms with Crippen LogP contribution in [-0.2, 0) is 0 Å². The lowest BCUT2D eigenvalue weighted by Crippen LogP contribution is -1.94. The Morgan fingerprint density at radius 3 is 2.00 bits per heavy atom. The fourth-order valence-corrected chi connectivity index (χ4v) is 2.91. The Morgan fingerprint density at radius 2 is 1.32 bits per heavy atom. The molecule has 0 saturated heterocycles. The van der Waals surface area contributed by atoms with Crippen molar-refractivity contribution >= 4 is 17.1 Å². The highest BCUT2D eigenvalue weighted by atomic mass is 16.6. The Bertz CT molecular complexity index is 903. The maximum absolute atomic E-state index is 11.0. The van der Waals surface area contributed by atoms with Crippen LogP contribution >= 0.6 is 0 Å². The van der Waals surface area contributed by atoms with Crippen LogP contribution in [0.15, 0.2) is 66.7 Å². The highest BCUT2D eigenvalue weighted by molar-refractivity contribution is 5.98. The predicted molar refractivity (Wildman–Crippen MR) is 87.3 cm³/mol. The van der Waals surface area contributed by atoms with E-state index in [1.54, 1.807) is 12.1 Å². The number of hydrogen-bond donors (Lipinski definition) is 1. The Labute approximate surface area is 127 Å². The fraction of sp³-hybridized carbons (Fsp3) is 0. The van der Waals surface area contributed by atoms with Gasteiger partial charge in [0.05, 0.1) is 10.6 Å². The van der Waals surface area contributed by atoms with Gasteiger partial charge in [-0.3, -0.25) is 10.1 Å². The molecule has 1 heterocycles. The zero-order chi connectivity index (χ0) is 15.1. The van der Waals surface area contributed by atoms with Gasteiger partial charge in [-0.05, 0) is 23.3 Å². The number of para-hydroxylation sites is 1. The first-order chi connectivity index (χ1) is 10.7. The van der Waals surface area contributed by atoms with Crippen LogP contribution in [0.2, 0.25) is 0 Å². The largest absolute Gasteiger partial charge is 0.354 e. The van der Waals surface area contributed by atoms with E-state index in [4.69, 9.17) is 0 Å². The summed E-state index contributed by atoms with van der Waals surface area (Å²) in [6.45, 7) is 0. The van der Waals surface area contributed by atoms with Crippen LogP contribution in [0, 0.1) is 10.1 Å². The molecule has 0 saturated carbocycles. The van der Waals surface area contributed by atoms with Gasteiger partial charge in [0, 0.05) is 28.9 Å². The molecule has 0 atom stereocenters. The molecule has 4 nitrogen and oxygen atoms in total. The highest BCUT2D eigenvalue weighted by Gasteiger charge is 2.20. The number of fused-ring (bicyclic) bond motifs is 5. The third kappa shape index (κ3) is 1.85. The average molecular weight is 288 g/mol. The SMILES string of the molecule is O=[N+]([O-])c1ccc2c(c1)Nc1ccccc1-c1ccccc1-2. The predicted octanol–water partition coefficient (Wildman–Crippen LogP) is 4.99. The van der Waals surface area contributed by atoms with Gasteiger partial charge in [-0.15, -0.1) is 0 Å². The lowest BCUT2D eigenvalue weighted by atomic mass is 9.94. The molecule has 0 aromatic heterocycles. The van der Waals surface area contributed by atoms with Crippen molar-refractivity contribution in [2.24, 2.45) is 0 Å². The van der Waals surface area contributed by atoms with Gasteiger partial charge in [0.25, 0.3) is 5.69 Å². The van der Waals surface area contributed by atoms with Crippen molar-refractivity contribution in [1.82, 2.24) is 0 Å². The molecular formula is C18H12N2O2. The molecule has 1 N–H and O–H groups in total. The van der Waals surface area contributed by atoms with E-state index >= 15 is 0 Å². The lowest BCUT2D eigenvalue weighted by Gasteiger charge is -2.09. The smallest absolute Gasteiger partial charge is 0.271 e. The first-order valence-electron chi connectivity index (χ1n) is 6.98. The monoisotopic (exact) mass is 288 g/mol. The summed E-state index contributed by atoms with van der Waals surface area (Å²) >= 11 is 0. The minimum atomic E-state index is -0.370. The number of nitro groups is 1. The minimum Gasteiger partial charge on any atom is -0.354 e. The fourth-order valence-electron chi connectivity index (χ4n) is 2.91. The van der Waals surface area contributed by atoms with Crippen molar-refractivity contribution in [3.8, 4) is 22.3 Å². The molecule has 1 aliphatic heterocycles. The van der Waals surface area contributed by atoms with E-state index in [-0.39, 0.29) is 10.6 Å². The third-order valence-electron chi connectivity index (χ3n) is 3.92. The van der Waals surface area contributed by atoms with Gasteiger partial charge >= 0.3 is 0 Å². The number of nitro benzene ring substituents is 1. The van der Waals surface area contributed by atoms with Crippen molar-refractivity contribution in [1.29, 1.82) is 0 Å². The highest BCUT2D eigenvalue weighted by Crippen LogP contribution is 2.44. The average Bonchev–Trinajstić information content (AvgIpc) is 2.69. The summed E-state index contributed by atoms with van der Waals surface area (Å²) in [5.41, 5.74) is 6.06. The number of rotatable bonds is 1. The second kappa shape index (κ2) is 4.70. The molecule has 0 amide bonds. The van der Waals surface area contributed by atoms with Crippen LogP contribution in [0.4, 0.5) is 17.1 Å². The topological polar surface area (TPSA) is 55.2 Å². The van der Waals surface area contributed by atoms with Crippen LogP contribution in [0.3, 0.4) is 0 Å². The van der Waals surface area contributed by atoms with Crippen molar-refractivity contribution in [3.05, 3.63) is 76.8 Å². The molecule has 0 aliphatic carbocycles. The number of nitrogens with one attached hydrogen (secondary N) is 1. The van der Waals surface area contributed by atoms with E-state index in [1.807, 2.05) is 42.5 Å². The van der Waals surface area contributed by atoms with E-state index in [0.29, 0.717) is 0 Å². The van der Waals surface area contributed by atoms with Crippen LogP contribution < -0.4 is 5.32 Å². The Hall–Kier alpha value is -3.14. The quantitative estimate of drug-likeness (QED) is 0.396. The molecule has 0 fully saturated rings. The minimum absolute atomic E-state index is 0.0862. The summed E-state index contributed by atoms with van der Waals surface area (Å²) in [6.07, 6.45) is 0. The molecule has 22 heavy (non-hydrogen) atoms.